The third-order valence-electron chi connectivity index (χ3n) is 3.10. The fourth-order valence-electron chi connectivity index (χ4n) is 2.10. The molecule has 2 aromatic rings. The quantitative estimate of drug-likeness (QED) is 0.775. The average molecular weight is 322 g/mol. The van der Waals surface area contributed by atoms with Gasteiger partial charge in [0.1, 0.15) is 11.5 Å². The molecule has 0 aliphatic carbocycles. The van der Waals surface area contributed by atoms with E-state index in [-0.39, 0.29) is 0 Å². The summed E-state index contributed by atoms with van der Waals surface area (Å²) in [7, 11) is 0. The van der Waals surface area contributed by atoms with E-state index in [1.807, 2.05) is 0 Å². The molecule has 2 rings (SSSR count). The summed E-state index contributed by atoms with van der Waals surface area (Å²) in [5, 5.41) is 3.35. The van der Waals surface area contributed by atoms with Gasteiger partial charge in [0.25, 0.3) is 0 Å². The summed E-state index contributed by atoms with van der Waals surface area (Å²) in [4.78, 5) is 0. The molecule has 0 saturated heterocycles. The maximum absolute atomic E-state index is 5.92. The molecular weight excluding hydrogens is 302 g/mol. The average Bonchev–Trinajstić information content (AvgIpc) is 2.87. The van der Waals surface area contributed by atoms with Gasteiger partial charge in [0.2, 0.25) is 0 Å². The zero-order valence-electron chi connectivity index (χ0n) is 11.5. The highest BCUT2D eigenvalue weighted by Gasteiger charge is 2.09. The number of halogens is 1. The van der Waals surface area contributed by atoms with Crippen LogP contribution in [0.1, 0.15) is 31.6 Å². The summed E-state index contributed by atoms with van der Waals surface area (Å²) in [6.07, 6.45) is 2.14. The number of nitrogens with one attached hydrogen (secondary N) is 1. The molecule has 102 valence electrons. The second kappa shape index (κ2) is 6.92. The van der Waals surface area contributed by atoms with Crippen molar-refractivity contribution in [2.24, 2.45) is 0 Å². The van der Waals surface area contributed by atoms with Crippen LogP contribution in [0, 0.1) is 0 Å². The van der Waals surface area contributed by atoms with E-state index in [2.05, 4.69) is 65.4 Å². The van der Waals surface area contributed by atoms with Gasteiger partial charge in [-0.25, -0.2) is 0 Å². The number of hydrogen-bond donors (Lipinski definition) is 1. The van der Waals surface area contributed by atoms with Crippen molar-refractivity contribution in [2.75, 3.05) is 6.54 Å². The standard InChI is InChI=1S/C16H20BrNO/c1-3-9-18-11-14-6-8-16(19-14)15-7-5-13(17)10-12(15)4-2/h5-8,10,18H,3-4,9,11H2,1-2H3. The Morgan fingerprint density at radius 3 is 2.74 bits per heavy atom. The Balaban J connectivity index is 2.18. The Labute approximate surface area is 123 Å². The molecule has 1 heterocycles. The second-order valence-corrected chi connectivity index (χ2v) is 5.51. The molecule has 2 nitrogen and oxygen atoms in total. The van der Waals surface area contributed by atoms with Crippen molar-refractivity contribution < 1.29 is 4.42 Å². The highest BCUT2D eigenvalue weighted by atomic mass is 79.9. The molecule has 0 amide bonds. The van der Waals surface area contributed by atoms with Crippen LogP contribution >= 0.6 is 15.9 Å². The van der Waals surface area contributed by atoms with Crippen molar-refractivity contribution in [3.8, 4) is 11.3 Å². The largest absolute Gasteiger partial charge is 0.460 e. The molecule has 0 saturated carbocycles. The first-order valence-corrected chi connectivity index (χ1v) is 7.62. The van der Waals surface area contributed by atoms with Crippen LogP contribution in [-0.4, -0.2) is 6.54 Å². The molecule has 0 radical (unpaired) electrons. The van der Waals surface area contributed by atoms with E-state index in [4.69, 9.17) is 4.42 Å². The van der Waals surface area contributed by atoms with Crippen LogP contribution in [0.3, 0.4) is 0 Å². The van der Waals surface area contributed by atoms with Crippen molar-refractivity contribution in [3.63, 3.8) is 0 Å². The first-order valence-electron chi connectivity index (χ1n) is 6.82. The highest BCUT2D eigenvalue weighted by Crippen LogP contribution is 2.28. The lowest BCUT2D eigenvalue weighted by Crippen LogP contribution is -2.12. The number of aryl methyl sites for hydroxylation is 1. The van der Waals surface area contributed by atoms with Crippen molar-refractivity contribution in [3.05, 3.63) is 46.1 Å². The minimum absolute atomic E-state index is 0.797. The molecule has 1 N–H and O–H groups in total. The van der Waals surface area contributed by atoms with Crippen LogP contribution in [-0.2, 0) is 13.0 Å². The molecule has 0 bridgehead atoms. The molecule has 0 unspecified atom stereocenters. The van der Waals surface area contributed by atoms with Gasteiger partial charge in [0, 0.05) is 10.0 Å². The minimum Gasteiger partial charge on any atom is -0.460 e. The first kappa shape index (κ1) is 14.4. The Morgan fingerprint density at radius 1 is 1.16 bits per heavy atom. The smallest absolute Gasteiger partial charge is 0.134 e. The van der Waals surface area contributed by atoms with Crippen molar-refractivity contribution >= 4 is 15.9 Å². The fraction of sp³-hybridized carbons (Fsp3) is 0.375. The molecule has 19 heavy (non-hydrogen) atoms. The summed E-state index contributed by atoms with van der Waals surface area (Å²) in [6, 6.07) is 10.5. The van der Waals surface area contributed by atoms with Crippen molar-refractivity contribution in [1.29, 1.82) is 0 Å². The van der Waals surface area contributed by atoms with Gasteiger partial charge in [-0.1, -0.05) is 29.8 Å². The van der Waals surface area contributed by atoms with Crippen LogP contribution in [0.25, 0.3) is 11.3 Å². The van der Waals surface area contributed by atoms with Gasteiger partial charge < -0.3 is 9.73 Å². The predicted molar refractivity (Wildman–Crippen MR) is 83.2 cm³/mol. The molecule has 0 aliphatic rings. The summed E-state index contributed by atoms with van der Waals surface area (Å²) in [6.45, 7) is 6.15. The van der Waals surface area contributed by atoms with Gasteiger partial charge in [-0.3, -0.25) is 0 Å². The van der Waals surface area contributed by atoms with Crippen LogP contribution in [0.2, 0.25) is 0 Å². The van der Waals surface area contributed by atoms with Gasteiger partial charge in [0.15, 0.2) is 0 Å². The zero-order chi connectivity index (χ0) is 13.7. The van der Waals surface area contributed by atoms with E-state index < -0.39 is 0 Å². The topological polar surface area (TPSA) is 25.2 Å². The van der Waals surface area contributed by atoms with E-state index in [1.54, 1.807) is 0 Å². The number of rotatable bonds is 6. The Morgan fingerprint density at radius 2 is 2.00 bits per heavy atom. The molecule has 1 aromatic heterocycles. The van der Waals surface area contributed by atoms with Gasteiger partial charge in [-0.2, -0.15) is 0 Å². The Kier molecular flexibility index (Phi) is 5.23. The van der Waals surface area contributed by atoms with E-state index >= 15 is 0 Å². The monoisotopic (exact) mass is 321 g/mol. The molecule has 3 heteroatoms. The third kappa shape index (κ3) is 3.71. The van der Waals surface area contributed by atoms with Gasteiger partial charge in [-0.15, -0.1) is 0 Å². The number of hydrogen-bond acceptors (Lipinski definition) is 2. The summed E-state index contributed by atoms with van der Waals surface area (Å²) in [5.41, 5.74) is 2.49. The van der Waals surface area contributed by atoms with Gasteiger partial charge in [-0.05, 0) is 55.3 Å². The minimum atomic E-state index is 0.797. The molecule has 0 aliphatic heterocycles. The molecule has 0 atom stereocenters. The lowest BCUT2D eigenvalue weighted by molar-refractivity contribution is 0.493. The van der Waals surface area contributed by atoms with Crippen LogP contribution < -0.4 is 5.32 Å². The lowest BCUT2D eigenvalue weighted by atomic mass is 10.0. The molecular formula is C16H20BrNO. The Bertz CT molecular complexity index is 533. The van der Waals surface area contributed by atoms with Crippen LogP contribution in [0.5, 0.6) is 0 Å². The lowest BCUT2D eigenvalue weighted by Gasteiger charge is -2.06. The molecule has 0 spiro atoms. The number of furan rings is 1. The fourth-order valence-corrected chi connectivity index (χ4v) is 2.51. The van der Waals surface area contributed by atoms with Crippen molar-refractivity contribution in [1.82, 2.24) is 5.32 Å². The second-order valence-electron chi connectivity index (χ2n) is 4.60. The number of benzene rings is 1. The van der Waals surface area contributed by atoms with Gasteiger partial charge >= 0.3 is 0 Å². The summed E-state index contributed by atoms with van der Waals surface area (Å²) < 4.78 is 7.04. The van der Waals surface area contributed by atoms with E-state index in [1.165, 1.54) is 11.1 Å². The maximum atomic E-state index is 5.92. The molecule has 1 aromatic carbocycles. The van der Waals surface area contributed by atoms with E-state index in [9.17, 15) is 0 Å². The van der Waals surface area contributed by atoms with E-state index in [0.29, 0.717) is 0 Å². The SMILES string of the molecule is CCCNCc1ccc(-c2ccc(Br)cc2CC)o1. The van der Waals surface area contributed by atoms with Crippen molar-refractivity contribution in [2.45, 2.75) is 33.2 Å². The van der Waals surface area contributed by atoms with E-state index in [0.717, 1.165) is 41.9 Å². The van der Waals surface area contributed by atoms with Gasteiger partial charge in [0.05, 0.1) is 6.54 Å². The maximum Gasteiger partial charge on any atom is 0.134 e. The third-order valence-corrected chi connectivity index (χ3v) is 3.59. The molecule has 0 fully saturated rings. The van der Waals surface area contributed by atoms with Crippen LogP contribution in [0.4, 0.5) is 0 Å². The normalized spacial score (nSPS) is 10.9. The zero-order valence-corrected chi connectivity index (χ0v) is 13.1. The highest BCUT2D eigenvalue weighted by molar-refractivity contribution is 9.10. The van der Waals surface area contributed by atoms with Crippen LogP contribution in [0.15, 0.2) is 39.2 Å². The summed E-state index contributed by atoms with van der Waals surface area (Å²) in [5.74, 6) is 1.95. The Hall–Kier alpha value is -1.06. The first-order chi connectivity index (χ1) is 9.24. The summed E-state index contributed by atoms with van der Waals surface area (Å²) >= 11 is 3.52. The predicted octanol–water partition coefficient (Wildman–Crippen LogP) is 4.77.